The Morgan fingerprint density at radius 2 is 1.88 bits per heavy atom. The van der Waals surface area contributed by atoms with Crippen molar-refractivity contribution >= 4 is 0 Å². The van der Waals surface area contributed by atoms with Crippen molar-refractivity contribution in [2.45, 2.75) is 13.8 Å². The van der Waals surface area contributed by atoms with Gasteiger partial charge in [0.25, 0.3) is 0 Å². The first-order valence-corrected chi connectivity index (χ1v) is 2.54. The van der Waals surface area contributed by atoms with Gasteiger partial charge in [-0.2, -0.15) is 0 Å². The molecule has 0 fully saturated rings. The second kappa shape index (κ2) is 3.32. The van der Waals surface area contributed by atoms with Crippen LogP contribution in [-0.4, -0.2) is 7.05 Å². The van der Waals surface area contributed by atoms with Gasteiger partial charge in [-0.25, -0.2) is 5.43 Å². The smallest absolute Gasteiger partial charge is 0.0414 e. The Morgan fingerprint density at radius 1 is 1.38 bits per heavy atom. The van der Waals surface area contributed by atoms with Crippen LogP contribution in [0.4, 0.5) is 0 Å². The van der Waals surface area contributed by atoms with Crippen molar-refractivity contribution in [2.75, 3.05) is 7.05 Å². The maximum Gasteiger partial charge on any atom is 0.0414 e. The summed E-state index contributed by atoms with van der Waals surface area (Å²) in [6.45, 7) is 3.76. The molecule has 0 amide bonds. The SMILES string of the molecule is CNN/C(C)=C(/C)N. The van der Waals surface area contributed by atoms with Crippen molar-refractivity contribution in [1.29, 1.82) is 0 Å². The lowest BCUT2D eigenvalue weighted by molar-refractivity contribution is 0.680. The van der Waals surface area contributed by atoms with Gasteiger partial charge in [-0.15, -0.1) is 0 Å². The monoisotopic (exact) mass is 115 g/mol. The van der Waals surface area contributed by atoms with E-state index in [1.165, 1.54) is 0 Å². The number of hydrazine groups is 1. The first kappa shape index (κ1) is 7.30. The van der Waals surface area contributed by atoms with E-state index in [4.69, 9.17) is 5.73 Å². The zero-order valence-corrected chi connectivity index (χ0v) is 5.58. The summed E-state index contributed by atoms with van der Waals surface area (Å²) >= 11 is 0. The quantitative estimate of drug-likeness (QED) is 0.441. The van der Waals surface area contributed by atoms with Gasteiger partial charge < -0.3 is 11.2 Å². The molecule has 48 valence electrons. The highest BCUT2D eigenvalue weighted by molar-refractivity contribution is 5.01. The molecular weight excluding hydrogens is 102 g/mol. The molecule has 3 nitrogen and oxygen atoms in total. The fourth-order valence-electron chi connectivity index (χ4n) is 0.286. The molecule has 0 unspecified atom stereocenters. The summed E-state index contributed by atoms with van der Waals surface area (Å²) in [5.74, 6) is 0. The van der Waals surface area contributed by atoms with Crippen LogP contribution in [0.25, 0.3) is 0 Å². The van der Waals surface area contributed by atoms with Crippen LogP contribution in [0.5, 0.6) is 0 Å². The predicted molar refractivity (Wildman–Crippen MR) is 34.8 cm³/mol. The molecule has 0 aliphatic heterocycles. The fourth-order valence-corrected chi connectivity index (χ4v) is 0.286. The highest BCUT2D eigenvalue weighted by atomic mass is 15.3. The van der Waals surface area contributed by atoms with Crippen molar-refractivity contribution in [2.24, 2.45) is 5.73 Å². The Kier molecular flexibility index (Phi) is 3.03. The zero-order chi connectivity index (χ0) is 6.57. The minimum atomic E-state index is 0.805. The van der Waals surface area contributed by atoms with Gasteiger partial charge in [-0.05, 0) is 13.8 Å². The number of hydrogen-bond acceptors (Lipinski definition) is 3. The molecule has 0 saturated carbocycles. The molecule has 0 rings (SSSR count). The number of nitrogens with one attached hydrogen (secondary N) is 2. The number of hydrogen-bond donors (Lipinski definition) is 3. The lowest BCUT2D eigenvalue weighted by Crippen LogP contribution is -2.27. The Labute approximate surface area is 49.9 Å². The van der Waals surface area contributed by atoms with Crippen LogP contribution in [0.15, 0.2) is 11.4 Å². The Hall–Kier alpha value is -0.700. The molecule has 0 bridgehead atoms. The van der Waals surface area contributed by atoms with Crippen LogP contribution < -0.4 is 16.6 Å². The van der Waals surface area contributed by atoms with Crippen molar-refractivity contribution < 1.29 is 0 Å². The molecule has 0 aromatic heterocycles. The lowest BCUT2D eigenvalue weighted by Gasteiger charge is -2.04. The molecule has 8 heavy (non-hydrogen) atoms. The highest BCUT2D eigenvalue weighted by Crippen LogP contribution is 1.86. The maximum atomic E-state index is 5.40. The summed E-state index contributed by atoms with van der Waals surface area (Å²) in [6.07, 6.45) is 0. The van der Waals surface area contributed by atoms with Gasteiger partial charge in [-0.1, -0.05) is 0 Å². The van der Waals surface area contributed by atoms with Crippen molar-refractivity contribution in [3.8, 4) is 0 Å². The topological polar surface area (TPSA) is 50.1 Å². The van der Waals surface area contributed by atoms with Crippen LogP contribution in [-0.2, 0) is 0 Å². The van der Waals surface area contributed by atoms with Crippen molar-refractivity contribution in [1.82, 2.24) is 10.9 Å². The maximum absolute atomic E-state index is 5.40. The molecule has 0 aliphatic rings. The number of nitrogens with two attached hydrogens (primary N) is 1. The van der Waals surface area contributed by atoms with Gasteiger partial charge in [0.1, 0.15) is 0 Å². The molecule has 4 N–H and O–H groups in total. The van der Waals surface area contributed by atoms with Crippen molar-refractivity contribution in [3.63, 3.8) is 0 Å². The predicted octanol–water partition coefficient (Wildman–Crippen LogP) is -0.0795. The third-order valence-electron chi connectivity index (χ3n) is 0.904. The number of rotatable bonds is 2. The van der Waals surface area contributed by atoms with Gasteiger partial charge in [0.15, 0.2) is 0 Å². The van der Waals surface area contributed by atoms with Gasteiger partial charge in [0, 0.05) is 18.4 Å². The average molecular weight is 115 g/mol. The van der Waals surface area contributed by atoms with E-state index < -0.39 is 0 Å². The summed E-state index contributed by atoms with van der Waals surface area (Å²) in [6, 6.07) is 0. The standard InChI is InChI=1S/C5H13N3/c1-4(6)5(2)8-7-3/h7-8H,6H2,1-3H3/b5-4-. The van der Waals surface area contributed by atoms with Gasteiger partial charge >= 0.3 is 0 Å². The van der Waals surface area contributed by atoms with E-state index >= 15 is 0 Å². The zero-order valence-electron chi connectivity index (χ0n) is 5.58. The summed E-state index contributed by atoms with van der Waals surface area (Å²) in [5, 5.41) is 0. The number of allylic oxidation sites excluding steroid dienone is 2. The Balaban J connectivity index is 3.62. The molecule has 0 aliphatic carbocycles. The van der Waals surface area contributed by atoms with E-state index in [1.807, 2.05) is 13.8 Å². The Bertz CT molecular complexity index is 91.8. The third-order valence-corrected chi connectivity index (χ3v) is 0.904. The average Bonchev–Trinajstić information content (AvgIpc) is 1.67. The van der Waals surface area contributed by atoms with Crippen LogP contribution in [0, 0.1) is 0 Å². The van der Waals surface area contributed by atoms with E-state index in [0.29, 0.717) is 0 Å². The summed E-state index contributed by atoms with van der Waals surface area (Å²) in [7, 11) is 1.80. The second-order valence-electron chi connectivity index (χ2n) is 1.68. The van der Waals surface area contributed by atoms with E-state index in [1.54, 1.807) is 7.05 Å². The first-order chi connectivity index (χ1) is 3.68. The molecule has 0 aromatic carbocycles. The summed E-state index contributed by atoms with van der Waals surface area (Å²) in [4.78, 5) is 0. The molecule has 0 atom stereocenters. The minimum Gasteiger partial charge on any atom is -0.401 e. The lowest BCUT2D eigenvalue weighted by atomic mass is 10.4. The van der Waals surface area contributed by atoms with E-state index in [2.05, 4.69) is 10.9 Å². The molecule has 0 radical (unpaired) electrons. The van der Waals surface area contributed by atoms with Gasteiger partial charge in [-0.3, -0.25) is 0 Å². The molecule has 0 spiro atoms. The van der Waals surface area contributed by atoms with Crippen LogP contribution in [0.3, 0.4) is 0 Å². The molecular formula is C5H13N3. The summed E-state index contributed by atoms with van der Waals surface area (Å²) < 4.78 is 0. The minimum absolute atomic E-state index is 0.805. The molecule has 0 heterocycles. The molecule has 0 saturated heterocycles. The summed E-state index contributed by atoms with van der Waals surface area (Å²) in [5.41, 5.74) is 12.8. The Morgan fingerprint density at radius 3 is 2.00 bits per heavy atom. The van der Waals surface area contributed by atoms with E-state index in [-0.39, 0.29) is 0 Å². The largest absolute Gasteiger partial charge is 0.401 e. The van der Waals surface area contributed by atoms with Crippen LogP contribution in [0.1, 0.15) is 13.8 Å². The first-order valence-electron chi connectivity index (χ1n) is 2.54. The van der Waals surface area contributed by atoms with Crippen LogP contribution in [0.2, 0.25) is 0 Å². The molecule has 3 heteroatoms. The van der Waals surface area contributed by atoms with Gasteiger partial charge in [0.2, 0.25) is 0 Å². The normalized spacial score (nSPS) is 12.9. The van der Waals surface area contributed by atoms with E-state index in [9.17, 15) is 0 Å². The van der Waals surface area contributed by atoms with Crippen LogP contribution >= 0.6 is 0 Å². The second-order valence-corrected chi connectivity index (χ2v) is 1.68. The fraction of sp³-hybridized carbons (Fsp3) is 0.600. The molecule has 0 aromatic rings. The highest BCUT2D eigenvalue weighted by Gasteiger charge is 1.84. The van der Waals surface area contributed by atoms with Gasteiger partial charge in [0.05, 0.1) is 0 Å². The third kappa shape index (κ3) is 2.47. The van der Waals surface area contributed by atoms with Crippen molar-refractivity contribution in [3.05, 3.63) is 11.4 Å². The van der Waals surface area contributed by atoms with E-state index in [0.717, 1.165) is 11.4 Å².